The first kappa shape index (κ1) is 13.7. The van der Waals surface area contributed by atoms with Crippen LogP contribution >= 0.6 is 15.9 Å². The van der Waals surface area contributed by atoms with Crippen molar-refractivity contribution in [2.75, 3.05) is 19.5 Å². The van der Waals surface area contributed by atoms with Crippen LogP contribution in [0.4, 0.5) is 5.69 Å². The molecule has 0 unspecified atom stereocenters. The molecule has 6 nitrogen and oxygen atoms in total. The number of rotatable bonds is 5. The molecule has 0 saturated heterocycles. The molecule has 2 aromatic rings. The maximum Gasteiger partial charge on any atom is 0.278 e. The number of hydrogen-bond donors (Lipinski definition) is 0. The number of hydrogen-bond acceptors (Lipinski definition) is 6. The predicted octanol–water partition coefficient (Wildman–Crippen LogP) is 2.98. The van der Waals surface area contributed by atoms with Crippen molar-refractivity contribution < 1.29 is 9.47 Å². The van der Waals surface area contributed by atoms with Crippen molar-refractivity contribution in [1.82, 2.24) is 9.97 Å². The van der Waals surface area contributed by atoms with E-state index in [4.69, 9.17) is 9.47 Å². The van der Waals surface area contributed by atoms with Crippen LogP contribution in [0, 0.1) is 4.91 Å². The summed E-state index contributed by atoms with van der Waals surface area (Å²) in [4.78, 5) is 19.4. The molecule has 0 aliphatic heterocycles. The van der Waals surface area contributed by atoms with Crippen LogP contribution in [-0.4, -0.2) is 29.5 Å². The highest BCUT2D eigenvalue weighted by Gasteiger charge is 2.13. The molecule has 0 fully saturated rings. The van der Waals surface area contributed by atoms with Gasteiger partial charge in [-0.3, -0.25) is 0 Å². The quantitative estimate of drug-likeness (QED) is 0.624. The van der Waals surface area contributed by atoms with Crippen LogP contribution in [0.5, 0.6) is 11.8 Å². The lowest BCUT2D eigenvalue weighted by Crippen LogP contribution is -2.00. The van der Waals surface area contributed by atoms with Crippen molar-refractivity contribution in [3.8, 4) is 11.8 Å². The highest BCUT2D eigenvalue weighted by atomic mass is 79.9. The Morgan fingerprint density at radius 1 is 1.21 bits per heavy atom. The molecule has 0 atom stereocenters. The number of aromatic nitrogens is 2. The van der Waals surface area contributed by atoms with E-state index in [-0.39, 0.29) is 5.88 Å². The summed E-state index contributed by atoms with van der Waals surface area (Å²) in [5.41, 5.74) is 2.46. The number of fused-ring (bicyclic) bond motifs is 1. The Balaban J connectivity index is 2.73. The maximum atomic E-state index is 10.7. The molecule has 1 aromatic carbocycles. The van der Waals surface area contributed by atoms with E-state index >= 15 is 0 Å². The van der Waals surface area contributed by atoms with Gasteiger partial charge in [0.15, 0.2) is 0 Å². The molecule has 19 heavy (non-hydrogen) atoms. The second-order valence-electron chi connectivity index (χ2n) is 3.75. The average Bonchev–Trinajstić information content (AvgIpc) is 2.45. The van der Waals surface area contributed by atoms with Gasteiger partial charge in [0.25, 0.3) is 11.8 Å². The van der Waals surface area contributed by atoms with Gasteiger partial charge in [-0.05, 0) is 29.3 Å². The molecule has 1 aromatic heterocycles. The zero-order chi connectivity index (χ0) is 13.8. The van der Waals surface area contributed by atoms with E-state index in [9.17, 15) is 4.91 Å². The fourth-order valence-electron chi connectivity index (χ4n) is 1.79. The van der Waals surface area contributed by atoms with Crippen molar-refractivity contribution in [1.29, 1.82) is 0 Å². The van der Waals surface area contributed by atoms with Crippen molar-refractivity contribution in [2.45, 2.75) is 6.42 Å². The first-order valence-corrected chi connectivity index (χ1v) is 6.67. The lowest BCUT2D eigenvalue weighted by molar-refractivity contribution is 0.334. The molecule has 0 amide bonds. The summed E-state index contributed by atoms with van der Waals surface area (Å²) >= 11 is 3.37. The number of ether oxygens (including phenoxy) is 2. The highest BCUT2D eigenvalue weighted by Crippen LogP contribution is 2.30. The van der Waals surface area contributed by atoms with Crippen LogP contribution in [0.15, 0.2) is 17.3 Å². The van der Waals surface area contributed by atoms with Crippen molar-refractivity contribution in [2.24, 2.45) is 5.18 Å². The molecule has 0 aliphatic rings. The Morgan fingerprint density at radius 2 is 1.89 bits per heavy atom. The minimum Gasteiger partial charge on any atom is -0.477 e. The predicted molar refractivity (Wildman–Crippen MR) is 75.6 cm³/mol. The number of alkyl halides is 1. The van der Waals surface area contributed by atoms with Gasteiger partial charge in [0.05, 0.1) is 25.3 Å². The van der Waals surface area contributed by atoms with Gasteiger partial charge in [-0.25, -0.2) is 9.97 Å². The smallest absolute Gasteiger partial charge is 0.278 e. The van der Waals surface area contributed by atoms with E-state index in [0.717, 1.165) is 10.9 Å². The number of benzene rings is 1. The molecule has 0 bridgehead atoms. The zero-order valence-electron chi connectivity index (χ0n) is 10.5. The van der Waals surface area contributed by atoms with Gasteiger partial charge >= 0.3 is 0 Å². The minimum atomic E-state index is 0.280. The van der Waals surface area contributed by atoms with E-state index in [1.165, 1.54) is 14.2 Å². The van der Waals surface area contributed by atoms with Crippen LogP contribution < -0.4 is 9.47 Å². The van der Waals surface area contributed by atoms with Crippen LogP contribution in [0.2, 0.25) is 0 Å². The lowest BCUT2D eigenvalue weighted by atomic mass is 10.1. The molecule has 1 heterocycles. The molecule has 0 spiro atoms. The summed E-state index contributed by atoms with van der Waals surface area (Å²) in [6, 6.07) is 3.28. The third-order valence-electron chi connectivity index (χ3n) is 2.63. The summed E-state index contributed by atoms with van der Waals surface area (Å²) in [6.07, 6.45) is 0.712. The molecule has 0 N–H and O–H groups in total. The number of halogens is 1. The summed E-state index contributed by atoms with van der Waals surface area (Å²) in [7, 11) is 2.99. The SMILES string of the molecule is COc1nc2cc(N=O)cc(CCBr)c2nc1OC. The Labute approximate surface area is 118 Å². The van der Waals surface area contributed by atoms with Gasteiger partial charge in [0.1, 0.15) is 5.69 Å². The number of nitrogens with zero attached hydrogens (tertiary/aromatic N) is 3. The van der Waals surface area contributed by atoms with Gasteiger partial charge in [-0.2, -0.15) is 0 Å². The Morgan fingerprint density at radius 3 is 2.47 bits per heavy atom. The number of aryl methyl sites for hydroxylation is 1. The van der Waals surface area contributed by atoms with E-state index in [2.05, 4.69) is 31.1 Å². The van der Waals surface area contributed by atoms with Crippen LogP contribution in [-0.2, 0) is 6.42 Å². The van der Waals surface area contributed by atoms with Gasteiger partial charge in [-0.15, -0.1) is 4.91 Å². The van der Waals surface area contributed by atoms with Gasteiger partial charge < -0.3 is 9.47 Å². The average molecular weight is 326 g/mol. The third kappa shape index (κ3) is 2.65. The first-order valence-electron chi connectivity index (χ1n) is 5.55. The molecule has 0 aliphatic carbocycles. The number of methoxy groups -OCH3 is 2. The topological polar surface area (TPSA) is 73.7 Å². The van der Waals surface area contributed by atoms with E-state index in [1.54, 1.807) is 12.1 Å². The van der Waals surface area contributed by atoms with Crippen molar-refractivity contribution in [3.63, 3.8) is 0 Å². The third-order valence-corrected chi connectivity index (χ3v) is 3.02. The van der Waals surface area contributed by atoms with Crippen molar-refractivity contribution >= 4 is 32.7 Å². The van der Waals surface area contributed by atoms with Gasteiger partial charge in [0.2, 0.25) is 0 Å². The fourth-order valence-corrected chi connectivity index (χ4v) is 2.22. The summed E-state index contributed by atoms with van der Waals surface area (Å²) < 4.78 is 10.2. The molecule has 2 rings (SSSR count). The van der Waals surface area contributed by atoms with Crippen LogP contribution in [0.25, 0.3) is 11.0 Å². The van der Waals surface area contributed by atoms with Gasteiger partial charge in [-0.1, -0.05) is 15.9 Å². The van der Waals surface area contributed by atoms with E-state index in [0.29, 0.717) is 29.0 Å². The monoisotopic (exact) mass is 325 g/mol. The first-order chi connectivity index (χ1) is 9.23. The fraction of sp³-hybridized carbons (Fsp3) is 0.333. The second-order valence-corrected chi connectivity index (χ2v) is 4.54. The Bertz CT molecular complexity index is 619. The zero-order valence-corrected chi connectivity index (χ0v) is 12.1. The van der Waals surface area contributed by atoms with Crippen LogP contribution in [0.1, 0.15) is 5.56 Å². The molecular weight excluding hydrogens is 314 g/mol. The normalized spacial score (nSPS) is 10.5. The highest BCUT2D eigenvalue weighted by molar-refractivity contribution is 9.09. The molecular formula is C12H12BrN3O3. The molecule has 7 heteroatoms. The van der Waals surface area contributed by atoms with E-state index < -0.39 is 0 Å². The van der Waals surface area contributed by atoms with E-state index in [1.807, 2.05) is 0 Å². The molecule has 0 saturated carbocycles. The summed E-state index contributed by atoms with van der Waals surface area (Å²) in [5.74, 6) is 0.598. The molecule has 100 valence electrons. The second kappa shape index (κ2) is 5.92. The standard InChI is InChI=1S/C12H12BrN3O3/c1-18-11-12(19-2)15-10-7(3-4-13)5-8(16-17)6-9(10)14-11/h5-6H,3-4H2,1-2H3. The van der Waals surface area contributed by atoms with Gasteiger partial charge in [0, 0.05) is 5.33 Å². The Hall–Kier alpha value is -1.76. The Kier molecular flexibility index (Phi) is 4.26. The van der Waals surface area contributed by atoms with Crippen molar-refractivity contribution in [3.05, 3.63) is 22.6 Å². The summed E-state index contributed by atoms with van der Waals surface area (Å²) in [6.45, 7) is 0. The largest absolute Gasteiger partial charge is 0.477 e. The lowest BCUT2D eigenvalue weighted by Gasteiger charge is -2.09. The number of nitroso groups, excluding NO2 is 1. The molecule has 0 radical (unpaired) electrons. The summed E-state index contributed by atoms with van der Waals surface area (Å²) in [5, 5.41) is 3.71. The van der Waals surface area contributed by atoms with Crippen LogP contribution in [0.3, 0.4) is 0 Å². The maximum absolute atomic E-state index is 10.7. The minimum absolute atomic E-state index is 0.280.